The van der Waals surface area contributed by atoms with Crippen LogP contribution in [0.2, 0.25) is 0 Å². The first kappa shape index (κ1) is 24.8. The summed E-state index contributed by atoms with van der Waals surface area (Å²) in [6.45, 7) is 0. The number of rotatable bonds is 5. The Labute approximate surface area is 212 Å². The van der Waals surface area contributed by atoms with Gasteiger partial charge in [-0.15, -0.1) is 0 Å². The number of carbonyl (C=O) groups excluding carboxylic acids is 4. The second kappa shape index (κ2) is 11.9. The largest absolute Gasteiger partial charge is 0.419 e. The number of esters is 2. The molecule has 0 bridgehead atoms. The van der Waals surface area contributed by atoms with Crippen LogP contribution in [0.4, 0.5) is 0 Å². The summed E-state index contributed by atoms with van der Waals surface area (Å²) in [5.41, 5.74) is 2.31. The molecule has 180 valence electrons. The molecule has 37 heavy (non-hydrogen) atoms. The Morgan fingerprint density at radius 2 is 1.16 bits per heavy atom. The SMILES string of the molecule is O=C(Oc1cccc(-c2ccccc2)c1OC(=O)c1cccc2ccccc12)c1ccccc1.O=C=O. The Kier molecular flexibility index (Phi) is 7.97. The monoisotopic (exact) mass is 488 g/mol. The number of carbonyl (C=O) groups is 2. The van der Waals surface area contributed by atoms with Crippen molar-refractivity contribution in [3.8, 4) is 22.6 Å². The van der Waals surface area contributed by atoms with Crippen molar-refractivity contribution in [2.24, 2.45) is 0 Å². The van der Waals surface area contributed by atoms with Gasteiger partial charge in [0.1, 0.15) is 0 Å². The highest BCUT2D eigenvalue weighted by Crippen LogP contribution is 2.39. The van der Waals surface area contributed by atoms with Crippen LogP contribution < -0.4 is 9.47 Å². The van der Waals surface area contributed by atoms with Crippen molar-refractivity contribution in [2.75, 3.05) is 0 Å². The molecule has 6 heteroatoms. The predicted molar refractivity (Wildman–Crippen MR) is 137 cm³/mol. The van der Waals surface area contributed by atoms with E-state index >= 15 is 0 Å². The molecule has 0 radical (unpaired) electrons. The molecule has 0 aromatic heterocycles. The molecule has 0 fully saturated rings. The van der Waals surface area contributed by atoms with E-state index in [1.165, 1.54) is 0 Å². The van der Waals surface area contributed by atoms with E-state index in [9.17, 15) is 9.59 Å². The zero-order valence-electron chi connectivity index (χ0n) is 19.5. The summed E-state index contributed by atoms with van der Waals surface area (Å²) in [7, 11) is 0. The predicted octanol–water partition coefficient (Wildman–Crippen LogP) is 6.36. The van der Waals surface area contributed by atoms with Crippen molar-refractivity contribution in [3.63, 3.8) is 0 Å². The summed E-state index contributed by atoms with van der Waals surface area (Å²) in [6, 6.07) is 36.5. The molecule has 0 saturated heterocycles. The summed E-state index contributed by atoms with van der Waals surface area (Å²) in [5.74, 6) is -0.704. The molecule has 0 amide bonds. The Bertz CT molecular complexity index is 1560. The number of hydrogen-bond acceptors (Lipinski definition) is 6. The summed E-state index contributed by atoms with van der Waals surface area (Å²) < 4.78 is 11.6. The van der Waals surface area contributed by atoms with Crippen LogP contribution in [0.5, 0.6) is 11.5 Å². The van der Waals surface area contributed by atoms with Crippen LogP contribution in [-0.2, 0) is 9.59 Å². The number of para-hydroxylation sites is 1. The van der Waals surface area contributed by atoms with Crippen LogP contribution in [0, 0.1) is 0 Å². The van der Waals surface area contributed by atoms with E-state index in [-0.39, 0.29) is 17.7 Å². The third-order valence-corrected chi connectivity index (χ3v) is 5.48. The Morgan fingerprint density at radius 3 is 1.89 bits per heavy atom. The molecule has 0 atom stereocenters. The van der Waals surface area contributed by atoms with Crippen LogP contribution >= 0.6 is 0 Å². The van der Waals surface area contributed by atoms with Gasteiger partial charge in [-0.05, 0) is 40.6 Å². The summed E-state index contributed by atoms with van der Waals surface area (Å²) in [6.07, 6.45) is 0.250. The van der Waals surface area contributed by atoms with Crippen LogP contribution in [0.1, 0.15) is 20.7 Å². The molecule has 0 unspecified atom stereocenters. The van der Waals surface area contributed by atoms with Gasteiger partial charge in [0.05, 0.1) is 11.1 Å². The lowest BCUT2D eigenvalue weighted by Crippen LogP contribution is -2.13. The van der Waals surface area contributed by atoms with Crippen LogP contribution in [0.15, 0.2) is 121 Å². The van der Waals surface area contributed by atoms with Crippen molar-refractivity contribution < 1.29 is 28.7 Å². The van der Waals surface area contributed by atoms with Gasteiger partial charge in [0.15, 0.2) is 11.5 Å². The minimum Gasteiger partial charge on any atom is -0.419 e. The molecule has 0 saturated carbocycles. The highest BCUT2D eigenvalue weighted by molar-refractivity contribution is 6.05. The van der Waals surface area contributed by atoms with Crippen LogP contribution in [0.3, 0.4) is 0 Å². The quantitative estimate of drug-likeness (QED) is 0.211. The van der Waals surface area contributed by atoms with E-state index in [2.05, 4.69) is 0 Å². The third-order valence-electron chi connectivity index (χ3n) is 5.48. The average Bonchev–Trinajstić information content (AvgIpc) is 2.95. The van der Waals surface area contributed by atoms with E-state index in [4.69, 9.17) is 19.1 Å². The summed E-state index contributed by atoms with van der Waals surface area (Å²) >= 11 is 0. The third kappa shape index (κ3) is 5.85. The molecular formula is C31H20O6. The first-order chi connectivity index (χ1) is 18.1. The second-order valence-electron chi connectivity index (χ2n) is 7.75. The molecule has 5 rings (SSSR count). The molecule has 0 heterocycles. The van der Waals surface area contributed by atoms with E-state index in [1.54, 1.807) is 42.5 Å². The van der Waals surface area contributed by atoms with Crippen LogP contribution in [0.25, 0.3) is 21.9 Å². The van der Waals surface area contributed by atoms with Crippen molar-refractivity contribution in [2.45, 2.75) is 0 Å². The zero-order valence-corrected chi connectivity index (χ0v) is 19.5. The number of fused-ring (bicyclic) bond motifs is 1. The minimum atomic E-state index is -0.534. The lowest BCUT2D eigenvalue weighted by molar-refractivity contribution is -0.191. The normalized spacial score (nSPS) is 9.95. The fraction of sp³-hybridized carbons (Fsp3) is 0. The number of hydrogen-bond donors (Lipinski definition) is 0. The van der Waals surface area contributed by atoms with E-state index in [0.29, 0.717) is 16.7 Å². The lowest BCUT2D eigenvalue weighted by Gasteiger charge is -2.15. The molecule has 5 aromatic rings. The Balaban J connectivity index is 0.00000102. The summed E-state index contributed by atoms with van der Waals surface area (Å²) in [4.78, 5) is 42.4. The van der Waals surface area contributed by atoms with Crippen LogP contribution in [-0.4, -0.2) is 18.1 Å². The first-order valence-electron chi connectivity index (χ1n) is 11.3. The molecular weight excluding hydrogens is 468 g/mol. The topological polar surface area (TPSA) is 86.7 Å². The molecule has 0 aliphatic heterocycles. The van der Waals surface area contributed by atoms with Crippen molar-refractivity contribution in [1.82, 2.24) is 0 Å². The van der Waals surface area contributed by atoms with Gasteiger partial charge in [-0.2, -0.15) is 9.59 Å². The number of benzene rings is 5. The van der Waals surface area contributed by atoms with Crippen molar-refractivity contribution in [3.05, 3.63) is 132 Å². The highest BCUT2D eigenvalue weighted by atomic mass is 16.6. The molecule has 5 aromatic carbocycles. The second-order valence-corrected chi connectivity index (χ2v) is 7.75. The fourth-order valence-electron chi connectivity index (χ4n) is 3.83. The van der Waals surface area contributed by atoms with Crippen molar-refractivity contribution in [1.29, 1.82) is 0 Å². The van der Waals surface area contributed by atoms with Gasteiger partial charge < -0.3 is 9.47 Å². The maximum Gasteiger partial charge on any atom is 0.373 e. The van der Waals surface area contributed by atoms with E-state index in [1.807, 2.05) is 78.9 Å². The van der Waals surface area contributed by atoms with Gasteiger partial charge in [-0.3, -0.25) is 0 Å². The first-order valence-corrected chi connectivity index (χ1v) is 11.3. The van der Waals surface area contributed by atoms with Gasteiger partial charge in [0, 0.05) is 5.56 Å². The van der Waals surface area contributed by atoms with Gasteiger partial charge in [0.2, 0.25) is 0 Å². The number of ether oxygens (including phenoxy) is 2. The van der Waals surface area contributed by atoms with Gasteiger partial charge in [-0.1, -0.05) is 97.1 Å². The highest BCUT2D eigenvalue weighted by Gasteiger charge is 2.21. The van der Waals surface area contributed by atoms with Gasteiger partial charge in [-0.25, -0.2) is 9.59 Å². The Morgan fingerprint density at radius 1 is 0.568 bits per heavy atom. The molecule has 6 nitrogen and oxygen atoms in total. The maximum atomic E-state index is 13.4. The molecule has 0 spiro atoms. The van der Waals surface area contributed by atoms with Gasteiger partial charge in [0.25, 0.3) is 0 Å². The standard InChI is InChI=1S/C30H20O4.CO2/c31-29(23-14-5-2-6-15-23)33-27-20-10-18-25(22-11-3-1-4-12-22)28(27)34-30(32)26-19-9-16-21-13-7-8-17-24(21)26;2-1-3/h1-20H;. The summed E-state index contributed by atoms with van der Waals surface area (Å²) in [5, 5.41) is 1.72. The average molecular weight is 488 g/mol. The molecule has 0 aliphatic rings. The fourth-order valence-corrected chi connectivity index (χ4v) is 3.83. The zero-order chi connectivity index (χ0) is 26.0. The Hall–Kier alpha value is -5.32. The van der Waals surface area contributed by atoms with E-state index < -0.39 is 11.9 Å². The molecule has 0 aliphatic carbocycles. The maximum absolute atomic E-state index is 13.4. The molecule has 0 N–H and O–H groups in total. The van der Waals surface area contributed by atoms with Gasteiger partial charge >= 0.3 is 18.1 Å². The van der Waals surface area contributed by atoms with E-state index in [0.717, 1.165) is 16.3 Å². The minimum absolute atomic E-state index is 0.170. The van der Waals surface area contributed by atoms with Crippen molar-refractivity contribution >= 4 is 28.9 Å². The smallest absolute Gasteiger partial charge is 0.373 e. The lowest BCUT2D eigenvalue weighted by atomic mass is 10.0.